The molecule has 3 aromatic rings. The highest BCUT2D eigenvalue weighted by Crippen LogP contribution is 2.31. The van der Waals surface area contributed by atoms with Gasteiger partial charge in [0, 0.05) is 6.07 Å². The van der Waals surface area contributed by atoms with Crippen molar-refractivity contribution in [3.05, 3.63) is 82.4 Å². The number of nitro benzene ring substituents is 1. The van der Waals surface area contributed by atoms with Crippen LogP contribution in [-0.4, -0.2) is 33.5 Å². The van der Waals surface area contributed by atoms with Gasteiger partial charge in [0.1, 0.15) is 5.75 Å². The van der Waals surface area contributed by atoms with E-state index in [1.165, 1.54) is 38.5 Å². The third kappa shape index (κ3) is 4.78. The van der Waals surface area contributed by atoms with Crippen molar-refractivity contribution in [1.29, 1.82) is 0 Å². The number of nitrogens with one attached hydrogen (secondary N) is 2. The van der Waals surface area contributed by atoms with Crippen LogP contribution in [0, 0.1) is 10.1 Å². The first-order valence-electron chi connectivity index (χ1n) is 9.15. The van der Waals surface area contributed by atoms with Crippen molar-refractivity contribution in [3.63, 3.8) is 0 Å². The van der Waals surface area contributed by atoms with Gasteiger partial charge in [0.05, 0.1) is 41.0 Å². The molecule has 0 saturated heterocycles. The highest BCUT2D eigenvalue weighted by Gasteiger charge is 2.24. The van der Waals surface area contributed by atoms with E-state index in [4.69, 9.17) is 9.47 Å². The molecule has 0 bridgehead atoms. The molecular formula is C21H19N3O7S. The summed E-state index contributed by atoms with van der Waals surface area (Å²) in [5, 5.41) is 13.9. The van der Waals surface area contributed by atoms with Crippen molar-refractivity contribution < 1.29 is 27.6 Å². The van der Waals surface area contributed by atoms with E-state index >= 15 is 0 Å². The van der Waals surface area contributed by atoms with Gasteiger partial charge >= 0.3 is 5.69 Å². The summed E-state index contributed by atoms with van der Waals surface area (Å²) >= 11 is 0. The second-order valence-corrected chi connectivity index (χ2v) is 8.08. The zero-order valence-corrected chi connectivity index (χ0v) is 17.9. The molecule has 32 heavy (non-hydrogen) atoms. The van der Waals surface area contributed by atoms with Crippen molar-refractivity contribution in [2.24, 2.45) is 0 Å². The van der Waals surface area contributed by atoms with E-state index in [1.807, 2.05) is 0 Å². The number of ether oxygens (including phenoxy) is 2. The number of carbonyl (C=O) groups is 1. The SMILES string of the molecule is COc1ccccc1NC(=O)c1ccccc1NS(=O)(=O)c1ccc(OC)c([N+](=O)[O-])c1. The van der Waals surface area contributed by atoms with E-state index < -0.39 is 26.5 Å². The summed E-state index contributed by atoms with van der Waals surface area (Å²) < 4.78 is 38.2. The Kier molecular flexibility index (Phi) is 6.59. The average molecular weight is 457 g/mol. The summed E-state index contributed by atoms with van der Waals surface area (Å²) in [5.74, 6) is -0.219. The van der Waals surface area contributed by atoms with Crippen molar-refractivity contribution in [2.75, 3.05) is 24.3 Å². The Morgan fingerprint density at radius 3 is 2.19 bits per heavy atom. The van der Waals surface area contributed by atoms with Gasteiger partial charge in [0.15, 0.2) is 5.75 Å². The van der Waals surface area contributed by atoms with Crippen LogP contribution in [0.2, 0.25) is 0 Å². The molecule has 0 radical (unpaired) electrons. The number of sulfonamides is 1. The lowest BCUT2D eigenvalue weighted by molar-refractivity contribution is -0.386. The molecule has 3 aromatic carbocycles. The molecule has 0 aliphatic rings. The van der Waals surface area contributed by atoms with Crippen LogP contribution in [0.1, 0.15) is 10.4 Å². The van der Waals surface area contributed by atoms with Gasteiger partial charge in [0.2, 0.25) is 0 Å². The van der Waals surface area contributed by atoms with Crippen LogP contribution in [0.25, 0.3) is 0 Å². The Bertz CT molecular complexity index is 1280. The first-order valence-corrected chi connectivity index (χ1v) is 10.6. The van der Waals surface area contributed by atoms with Crippen molar-refractivity contribution in [3.8, 4) is 11.5 Å². The topological polar surface area (TPSA) is 137 Å². The molecule has 0 fully saturated rings. The standard InChI is InChI=1S/C21H19N3O7S/c1-30-19-10-6-5-9-17(19)22-21(25)15-7-3-4-8-16(15)23-32(28,29)14-11-12-20(31-2)18(13-14)24(26)27/h3-13,23H,1-2H3,(H,22,25). The van der Waals surface area contributed by atoms with Gasteiger partial charge in [0.25, 0.3) is 15.9 Å². The number of hydrogen-bond donors (Lipinski definition) is 2. The van der Waals surface area contributed by atoms with E-state index in [2.05, 4.69) is 10.0 Å². The first-order chi connectivity index (χ1) is 15.3. The van der Waals surface area contributed by atoms with Crippen molar-refractivity contribution >= 4 is 33.0 Å². The number of rotatable bonds is 8. The molecular weight excluding hydrogens is 438 g/mol. The van der Waals surface area contributed by atoms with Gasteiger partial charge < -0.3 is 14.8 Å². The predicted molar refractivity (Wildman–Crippen MR) is 118 cm³/mol. The number of hydrogen-bond acceptors (Lipinski definition) is 7. The average Bonchev–Trinajstić information content (AvgIpc) is 2.79. The fourth-order valence-electron chi connectivity index (χ4n) is 2.89. The Morgan fingerprint density at radius 2 is 1.53 bits per heavy atom. The quantitative estimate of drug-likeness (QED) is 0.389. The molecule has 166 valence electrons. The molecule has 0 aliphatic heterocycles. The second kappa shape index (κ2) is 9.35. The molecule has 0 aromatic heterocycles. The Morgan fingerprint density at radius 1 is 0.906 bits per heavy atom. The van der Waals surface area contributed by atoms with E-state index in [0.717, 1.165) is 6.07 Å². The number of methoxy groups -OCH3 is 2. The number of carbonyl (C=O) groups excluding carboxylic acids is 1. The molecule has 0 heterocycles. The maximum atomic E-state index is 12.9. The van der Waals surface area contributed by atoms with Crippen molar-refractivity contribution in [2.45, 2.75) is 4.90 Å². The maximum absolute atomic E-state index is 12.9. The number of nitro groups is 1. The molecule has 10 nitrogen and oxygen atoms in total. The van der Waals surface area contributed by atoms with Crippen LogP contribution >= 0.6 is 0 Å². The molecule has 0 aliphatic carbocycles. The lowest BCUT2D eigenvalue weighted by Gasteiger charge is -2.14. The van der Waals surface area contributed by atoms with Crippen molar-refractivity contribution in [1.82, 2.24) is 0 Å². The van der Waals surface area contributed by atoms with Gasteiger partial charge in [-0.25, -0.2) is 8.42 Å². The first kappa shape index (κ1) is 22.6. The van der Waals surface area contributed by atoms with E-state index in [0.29, 0.717) is 11.4 Å². The summed E-state index contributed by atoms with van der Waals surface area (Å²) in [6, 6.07) is 16.0. The largest absolute Gasteiger partial charge is 0.495 e. The fraction of sp³-hybridized carbons (Fsp3) is 0.0952. The van der Waals surface area contributed by atoms with Crippen LogP contribution in [0.5, 0.6) is 11.5 Å². The van der Waals surface area contributed by atoms with Gasteiger partial charge in [-0.15, -0.1) is 0 Å². The van der Waals surface area contributed by atoms with Crippen LogP contribution in [0.15, 0.2) is 71.6 Å². The number of amides is 1. The fourth-order valence-corrected chi connectivity index (χ4v) is 3.99. The molecule has 0 saturated carbocycles. The van der Waals surface area contributed by atoms with Gasteiger partial charge in [-0.3, -0.25) is 19.6 Å². The van der Waals surface area contributed by atoms with Crippen LogP contribution < -0.4 is 19.5 Å². The van der Waals surface area contributed by atoms with E-state index in [1.54, 1.807) is 36.4 Å². The maximum Gasteiger partial charge on any atom is 0.312 e. The monoisotopic (exact) mass is 457 g/mol. The number of benzene rings is 3. The summed E-state index contributed by atoms with van der Waals surface area (Å²) in [4.78, 5) is 23.0. The molecule has 0 atom stereocenters. The molecule has 1 amide bonds. The highest BCUT2D eigenvalue weighted by atomic mass is 32.2. The van der Waals surface area contributed by atoms with Gasteiger partial charge in [-0.05, 0) is 36.4 Å². The third-order valence-corrected chi connectivity index (χ3v) is 5.79. The minimum Gasteiger partial charge on any atom is -0.495 e. The Balaban J connectivity index is 1.93. The zero-order valence-electron chi connectivity index (χ0n) is 17.1. The lowest BCUT2D eigenvalue weighted by atomic mass is 10.1. The molecule has 3 rings (SSSR count). The Labute approximate surface area is 184 Å². The van der Waals surface area contributed by atoms with E-state index in [-0.39, 0.29) is 21.9 Å². The van der Waals surface area contributed by atoms with Crippen LogP contribution in [0.4, 0.5) is 17.1 Å². The lowest BCUT2D eigenvalue weighted by Crippen LogP contribution is -2.19. The molecule has 0 spiro atoms. The molecule has 0 unspecified atom stereocenters. The number of para-hydroxylation sites is 3. The summed E-state index contributed by atoms with van der Waals surface area (Å²) in [6.45, 7) is 0. The minimum absolute atomic E-state index is 0.00151. The third-order valence-electron chi connectivity index (χ3n) is 4.43. The predicted octanol–water partition coefficient (Wildman–Crippen LogP) is 3.67. The molecule has 11 heteroatoms. The second-order valence-electron chi connectivity index (χ2n) is 6.40. The van der Waals surface area contributed by atoms with Crippen LogP contribution in [0.3, 0.4) is 0 Å². The molecule has 2 N–H and O–H groups in total. The smallest absolute Gasteiger partial charge is 0.312 e. The Hall–Kier alpha value is -4.12. The normalized spacial score (nSPS) is 10.8. The summed E-state index contributed by atoms with van der Waals surface area (Å²) in [6.07, 6.45) is 0. The van der Waals surface area contributed by atoms with E-state index in [9.17, 15) is 23.3 Å². The minimum atomic E-state index is -4.25. The number of nitrogens with zero attached hydrogens (tertiary/aromatic N) is 1. The van der Waals surface area contributed by atoms with Gasteiger partial charge in [-0.1, -0.05) is 24.3 Å². The number of anilines is 2. The summed E-state index contributed by atoms with van der Waals surface area (Å²) in [7, 11) is -1.55. The summed E-state index contributed by atoms with van der Waals surface area (Å²) in [5.41, 5.74) is -0.0515. The van der Waals surface area contributed by atoms with Crippen LogP contribution in [-0.2, 0) is 10.0 Å². The zero-order chi connectivity index (χ0) is 23.3. The highest BCUT2D eigenvalue weighted by molar-refractivity contribution is 7.92. The van der Waals surface area contributed by atoms with Gasteiger partial charge in [-0.2, -0.15) is 0 Å².